The number of anilines is 2. The molecule has 0 spiro atoms. The van der Waals surface area contributed by atoms with Crippen molar-refractivity contribution in [2.24, 2.45) is 5.92 Å². The van der Waals surface area contributed by atoms with Gasteiger partial charge >= 0.3 is 7.75 Å². The van der Waals surface area contributed by atoms with Crippen LogP contribution in [0.25, 0.3) is 11.0 Å². The van der Waals surface area contributed by atoms with Gasteiger partial charge in [0.1, 0.15) is 23.8 Å². The van der Waals surface area contributed by atoms with Gasteiger partial charge in [0, 0.05) is 18.5 Å². The van der Waals surface area contributed by atoms with E-state index in [-0.39, 0.29) is 25.0 Å². The zero-order chi connectivity index (χ0) is 28.1. The summed E-state index contributed by atoms with van der Waals surface area (Å²) in [6, 6.07) is 19.3. The number of hydroxylamine groups is 1. The highest BCUT2D eigenvalue weighted by molar-refractivity contribution is 7.51. The maximum Gasteiger partial charge on any atom is 0.432 e. The molecule has 4 atom stereocenters. The molecule has 4 N–H and O–H groups in total. The Balaban J connectivity index is 1.24. The van der Waals surface area contributed by atoms with E-state index < -0.39 is 19.7 Å². The lowest BCUT2D eigenvalue weighted by molar-refractivity contribution is -0.122. The molecule has 2 aromatic heterocycles. The maximum atomic E-state index is 13.4. The lowest BCUT2D eigenvalue weighted by Gasteiger charge is -2.31. The van der Waals surface area contributed by atoms with Crippen LogP contribution < -0.4 is 15.9 Å². The van der Waals surface area contributed by atoms with Crippen molar-refractivity contribution in [2.45, 2.75) is 24.9 Å². The average molecular weight is 563 g/mol. The van der Waals surface area contributed by atoms with Crippen LogP contribution in [0.2, 0.25) is 0 Å². The Hall–Kier alpha value is -4.02. The van der Waals surface area contributed by atoms with Crippen LogP contribution in [0.3, 0.4) is 0 Å². The first-order valence-electron chi connectivity index (χ1n) is 12.8. The zero-order valence-corrected chi connectivity index (χ0v) is 22.8. The summed E-state index contributed by atoms with van der Waals surface area (Å²) in [6.45, 7) is -0.0482. The summed E-state index contributed by atoms with van der Waals surface area (Å²) in [6.07, 6.45) is 8.12. The summed E-state index contributed by atoms with van der Waals surface area (Å²) < 4.78 is 20.4. The van der Waals surface area contributed by atoms with Gasteiger partial charge in [0.15, 0.2) is 0 Å². The summed E-state index contributed by atoms with van der Waals surface area (Å²) in [7, 11) is -3.04. The lowest BCUT2D eigenvalue weighted by atomic mass is 10.0. The average Bonchev–Trinajstić information content (AvgIpc) is 3.61. The van der Waals surface area contributed by atoms with Gasteiger partial charge in [-0.1, -0.05) is 60.7 Å². The Kier molecular flexibility index (Phi) is 8.27. The molecule has 2 heterocycles. The Morgan fingerprint density at radius 2 is 1.88 bits per heavy atom. The lowest BCUT2D eigenvalue weighted by Crippen LogP contribution is -2.47. The first-order valence-corrected chi connectivity index (χ1v) is 14.4. The molecule has 0 bridgehead atoms. The van der Waals surface area contributed by atoms with Crippen molar-refractivity contribution in [1.82, 2.24) is 19.6 Å². The molecule has 2 aromatic carbocycles. The quantitative estimate of drug-likeness (QED) is 0.140. The van der Waals surface area contributed by atoms with Crippen molar-refractivity contribution < 1.29 is 23.6 Å². The van der Waals surface area contributed by atoms with Crippen LogP contribution >= 0.6 is 7.75 Å². The van der Waals surface area contributed by atoms with E-state index in [1.54, 1.807) is 12.1 Å². The van der Waals surface area contributed by atoms with E-state index in [0.29, 0.717) is 17.9 Å². The number of nitrogens with zero attached hydrogens (tertiary/aromatic N) is 4. The number of carbonyl (C=O) groups excluding carboxylic acids is 1. The van der Waals surface area contributed by atoms with Crippen LogP contribution in [0, 0.1) is 5.92 Å². The van der Waals surface area contributed by atoms with E-state index in [0.717, 1.165) is 16.6 Å². The van der Waals surface area contributed by atoms with Crippen molar-refractivity contribution in [2.75, 3.05) is 24.5 Å². The molecule has 40 heavy (non-hydrogen) atoms. The molecule has 208 valence electrons. The number of benzene rings is 2. The molecule has 12 heteroatoms. The number of aromatic nitrogens is 3. The van der Waals surface area contributed by atoms with Gasteiger partial charge in [-0.25, -0.2) is 19.6 Å². The minimum absolute atomic E-state index is 0.0237. The molecule has 0 saturated heterocycles. The van der Waals surface area contributed by atoms with E-state index in [1.165, 1.54) is 18.5 Å². The molecular weight excluding hydrogens is 531 g/mol. The van der Waals surface area contributed by atoms with Crippen LogP contribution in [-0.2, 0) is 25.1 Å². The summed E-state index contributed by atoms with van der Waals surface area (Å²) in [5, 5.41) is 4.41. The Bertz CT molecular complexity index is 1530. The summed E-state index contributed by atoms with van der Waals surface area (Å²) in [5.74, 6) is -0.428. The fourth-order valence-electron chi connectivity index (χ4n) is 4.89. The number of fused-ring (bicyclic) bond motifs is 1. The predicted octanol–water partition coefficient (Wildman–Crippen LogP) is 4.04. The first-order chi connectivity index (χ1) is 19.3. The molecule has 1 amide bonds. The number of rotatable bonds is 11. The predicted molar refractivity (Wildman–Crippen MR) is 152 cm³/mol. The highest BCUT2D eigenvalue weighted by atomic mass is 31.2. The largest absolute Gasteiger partial charge is 0.432 e. The van der Waals surface area contributed by atoms with Gasteiger partial charge in [-0.05, 0) is 30.2 Å². The summed E-state index contributed by atoms with van der Waals surface area (Å²) in [5.41, 5.74) is 8.15. The van der Waals surface area contributed by atoms with Crippen molar-refractivity contribution in [3.8, 4) is 0 Å². The third kappa shape index (κ3) is 6.24. The number of para-hydroxylation sites is 1. The topological polar surface area (TPSA) is 145 Å². The summed E-state index contributed by atoms with van der Waals surface area (Å²) >= 11 is 0. The molecule has 0 radical (unpaired) electrons. The molecule has 0 fully saturated rings. The minimum atomic E-state index is -4.49. The molecule has 1 aliphatic carbocycles. The Morgan fingerprint density at radius 3 is 2.60 bits per heavy atom. The number of nitrogens with two attached hydrogens (primary N) is 1. The number of amides is 1. The Morgan fingerprint density at radius 1 is 1.15 bits per heavy atom. The third-order valence-corrected chi connectivity index (χ3v) is 7.83. The molecule has 11 nitrogen and oxygen atoms in total. The smallest absolute Gasteiger partial charge is 0.383 e. The van der Waals surface area contributed by atoms with Crippen LogP contribution in [-0.4, -0.2) is 45.1 Å². The van der Waals surface area contributed by atoms with Gasteiger partial charge in [-0.15, -0.1) is 0 Å². The molecule has 1 aliphatic rings. The van der Waals surface area contributed by atoms with Gasteiger partial charge in [-0.2, -0.15) is 0 Å². The SMILES string of the molecule is CON(c1ccccc1)[C@@H](Cc1ccccc1)C(=O)NP(=O)(O)OC[C@H]1C=C[C@@H](n2ccc3c(N)ncnc32)C1. The van der Waals surface area contributed by atoms with Gasteiger partial charge in [0.25, 0.3) is 5.91 Å². The number of carbonyl (C=O) groups is 1. The van der Waals surface area contributed by atoms with Crippen molar-refractivity contribution in [1.29, 1.82) is 0 Å². The molecule has 1 unspecified atom stereocenters. The van der Waals surface area contributed by atoms with E-state index in [4.69, 9.17) is 15.1 Å². The van der Waals surface area contributed by atoms with Gasteiger partial charge in [0.2, 0.25) is 0 Å². The first kappa shape index (κ1) is 27.5. The number of hydrogen-bond acceptors (Lipinski definition) is 8. The van der Waals surface area contributed by atoms with Crippen LogP contribution in [0.5, 0.6) is 0 Å². The number of nitrogens with one attached hydrogen (secondary N) is 1. The zero-order valence-electron chi connectivity index (χ0n) is 21.9. The second kappa shape index (κ2) is 12.0. The van der Waals surface area contributed by atoms with Gasteiger partial charge < -0.3 is 15.2 Å². The molecule has 0 saturated carbocycles. The monoisotopic (exact) mass is 562 g/mol. The maximum absolute atomic E-state index is 13.4. The second-order valence-corrected chi connectivity index (χ2v) is 11.0. The second-order valence-electron chi connectivity index (χ2n) is 9.51. The number of hydrogen-bond donors (Lipinski definition) is 3. The highest BCUT2D eigenvalue weighted by Crippen LogP contribution is 2.40. The van der Waals surface area contributed by atoms with Gasteiger partial charge in [0.05, 0.1) is 30.8 Å². The van der Waals surface area contributed by atoms with Crippen LogP contribution in [0.4, 0.5) is 11.5 Å². The molecule has 4 aromatic rings. The summed E-state index contributed by atoms with van der Waals surface area (Å²) in [4.78, 5) is 37.9. The minimum Gasteiger partial charge on any atom is -0.383 e. The third-order valence-electron chi connectivity index (χ3n) is 6.83. The Labute approximate surface area is 231 Å². The molecule has 0 aliphatic heterocycles. The molecule has 5 rings (SSSR count). The van der Waals surface area contributed by atoms with Crippen molar-refractivity contribution in [3.05, 3.63) is 97.0 Å². The fraction of sp³-hybridized carbons (Fsp3) is 0.250. The van der Waals surface area contributed by atoms with Crippen LogP contribution in [0.1, 0.15) is 18.0 Å². The van der Waals surface area contributed by atoms with E-state index in [2.05, 4.69) is 15.1 Å². The highest BCUT2D eigenvalue weighted by Gasteiger charge is 2.34. The number of nitrogen functional groups attached to an aromatic ring is 1. The van der Waals surface area contributed by atoms with E-state index in [9.17, 15) is 14.3 Å². The van der Waals surface area contributed by atoms with Gasteiger partial charge in [-0.3, -0.25) is 19.2 Å². The fourth-order valence-corrected chi connectivity index (χ4v) is 5.78. The standard InChI is InChI=1S/C28H31N6O5P/c1-38-34(22-10-6-3-7-11-22)25(17-20-8-4-2-5-9-20)28(35)32-40(36,37)39-18-21-12-13-23(16-21)33-15-14-24-26(29)30-19-31-27(24)33/h2-15,19,21,23,25H,16-18H2,1H3,(H2,29,30,31)(H2,32,35,36,37)/t21-,23+,25-/m0/s1. The molecular formula is C28H31N6O5P. The normalized spacial score (nSPS) is 18.9. The number of allylic oxidation sites excluding steroid dienone is 1. The van der Waals surface area contributed by atoms with E-state index >= 15 is 0 Å². The van der Waals surface area contributed by atoms with Crippen molar-refractivity contribution >= 4 is 36.2 Å². The van der Waals surface area contributed by atoms with Crippen molar-refractivity contribution in [3.63, 3.8) is 0 Å². The van der Waals surface area contributed by atoms with E-state index in [1.807, 2.05) is 77.5 Å². The van der Waals surface area contributed by atoms with Crippen LogP contribution in [0.15, 0.2) is 91.4 Å².